The van der Waals surface area contributed by atoms with Crippen LogP contribution >= 0.6 is 15.9 Å². The van der Waals surface area contributed by atoms with Crippen molar-refractivity contribution in [3.8, 4) is 11.5 Å². The Hall–Kier alpha value is -0.740. The second kappa shape index (κ2) is 6.26. The van der Waals surface area contributed by atoms with Crippen LogP contribution in [0, 0.1) is 0 Å². The average Bonchev–Trinajstić information content (AvgIpc) is 2.36. The van der Waals surface area contributed by atoms with Crippen LogP contribution in [0.3, 0.4) is 0 Å². The number of benzene rings is 1. The Morgan fingerprint density at radius 2 is 2.00 bits per heavy atom. The van der Waals surface area contributed by atoms with Crippen molar-refractivity contribution in [1.82, 2.24) is 0 Å². The molecule has 1 atom stereocenters. The SMILES string of the molecule is CCc1c(C(C)CN)cc(OC)c(OC)c1Br. The van der Waals surface area contributed by atoms with Gasteiger partial charge in [-0.15, -0.1) is 0 Å². The van der Waals surface area contributed by atoms with Crippen molar-refractivity contribution in [3.05, 3.63) is 21.7 Å². The summed E-state index contributed by atoms with van der Waals surface area (Å²) in [4.78, 5) is 0. The molecule has 3 nitrogen and oxygen atoms in total. The lowest BCUT2D eigenvalue weighted by Crippen LogP contribution is -2.12. The highest BCUT2D eigenvalue weighted by atomic mass is 79.9. The van der Waals surface area contributed by atoms with Crippen molar-refractivity contribution in [2.45, 2.75) is 26.2 Å². The standard InChI is InChI=1S/C13H20BrNO2/c1-5-9-10(8(2)7-15)6-11(16-3)13(17-4)12(9)14/h6,8H,5,7,15H2,1-4H3. The molecule has 0 saturated carbocycles. The minimum atomic E-state index is 0.307. The number of halogens is 1. The zero-order chi connectivity index (χ0) is 13.0. The second-order valence-electron chi connectivity index (χ2n) is 3.98. The molecule has 1 rings (SSSR count). The van der Waals surface area contributed by atoms with Gasteiger partial charge in [-0.25, -0.2) is 0 Å². The largest absolute Gasteiger partial charge is 0.493 e. The molecule has 1 aromatic rings. The highest BCUT2D eigenvalue weighted by molar-refractivity contribution is 9.10. The number of rotatable bonds is 5. The van der Waals surface area contributed by atoms with Gasteiger partial charge in [0, 0.05) is 0 Å². The molecule has 0 heterocycles. The van der Waals surface area contributed by atoms with Crippen LogP contribution in [0.15, 0.2) is 10.5 Å². The van der Waals surface area contributed by atoms with Crippen molar-refractivity contribution in [2.24, 2.45) is 5.73 Å². The number of nitrogens with two attached hydrogens (primary N) is 1. The molecule has 0 fully saturated rings. The Bertz CT molecular complexity index is 393. The van der Waals surface area contributed by atoms with Gasteiger partial charge in [0.15, 0.2) is 11.5 Å². The van der Waals surface area contributed by atoms with Crippen LogP contribution in [0.5, 0.6) is 11.5 Å². The van der Waals surface area contributed by atoms with Gasteiger partial charge < -0.3 is 15.2 Å². The summed E-state index contributed by atoms with van der Waals surface area (Å²) in [5, 5.41) is 0. The molecule has 2 N–H and O–H groups in total. The van der Waals surface area contributed by atoms with Crippen molar-refractivity contribution in [1.29, 1.82) is 0 Å². The van der Waals surface area contributed by atoms with Crippen molar-refractivity contribution >= 4 is 15.9 Å². The van der Waals surface area contributed by atoms with E-state index in [4.69, 9.17) is 15.2 Å². The van der Waals surface area contributed by atoms with Crippen LogP contribution in [0.25, 0.3) is 0 Å². The van der Waals surface area contributed by atoms with Gasteiger partial charge >= 0.3 is 0 Å². The molecule has 1 aromatic carbocycles. The van der Waals surface area contributed by atoms with E-state index in [2.05, 4.69) is 29.8 Å². The third-order valence-corrected chi connectivity index (χ3v) is 3.82. The monoisotopic (exact) mass is 301 g/mol. The van der Waals surface area contributed by atoms with E-state index in [9.17, 15) is 0 Å². The Morgan fingerprint density at radius 3 is 2.41 bits per heavy atom. The van der Waals surface area contributed by atoms with Crippen molar-refractivity contribution < 1.29 is 9.47 Å². The van der Waals surface area contributed by atoms with E-state index in [0.717, 1.165) is 22.4 Å². The molecule has 0 spiro atoms. The molecule has 0 radical (unpaired) electrons. The predicted molar refractivity (Wildman–Crippen MR) is 74.1 cm³/mol. The summed E-state index contributed by atoms with van der Waals surface area (Å²) >= 11 is 3.60. The fraction of sp³-hybridized carbons (Fsp3) is 0.538. The molecular weight excluding hydrogens is 282 g/mol. The van der Waals surface area contributed by atoms with Crippen LogP contribution in [0.2, 0.25) is 0 Å². The summed E-state index contributed by atoms with van der Waals surface area (Å²) in [5.74, 6) is 1.80. The first kappa shape index (κ1) is 14.3. The minimum absolute atomic E-state index is 0.307. The maximum absolute atomic E-state index is 5.75. The molecule has 1 unspecified atom stereocenters. The van der Waals surface area contributed by atoms with Crippen LogP contribution < -0.4 is 15.2 Å². The van der Waals surface area contributed by atoms with Gasteiger partial charge in [0.1, 0.15) is 0 Å². The lowest BCUT2D eigenvalue weighted by molar-refractivity contribution is 0.352. The van der Waals surface area contributed by atoms with E-state index in [0.29, 0.717) is 12.5 Å². The summed E-state index contributed by atoms with van der Waals surface area (Å²) in [6.45, 7) is 4.86. The molecule has 17 heavy (non-hydrogen) atoms. The molecule has 0 amide bonds. The van der Waals surface area contributed by atoms with Crippen LogP contribution in [-0.2, 0) is 6.42 Å². The van der Waals surface area contributed by atoms with Crippen LogP contribution in [-0.4, -0.2) is 20.8 Å². The highest BCUT2D eigenvalue weighted by Gasteiger charge is 2.19. The lowest BCUT2D eigenvalue weighted by Gasteiger charge is -2.20. The predicted octanol–water partition coefficient (Wildman–Crippen LogP) is 3.09. The Labute approximate surface area is 111 Å². The summed E-state index contributed by atoms with van der Waals surface area (Å²) in [6, 6.07) is 2.03. The first-order valence-electron chi connectivity index (χ1n) is 5.73. The average molecular weight is 302 g/mol. The third-order valence-electron chi connectivity index (χ3n) is 2.99. The topological polar surface area (TPSA) is 44.5 Å². The fourth-order valence-corrected chi connectivity index (χ4v) is 2.80. The first-order chi connectivity index (χ1) is 8.10. The van der Waals surface area contributed by atoms with E-state index in [1.807, 2.05) is 6.07 Å². The quantitative estimate of drug-likeness (QED) is 0.909. The summed E-state index contributed by atoms with van der Waals surface area (Å²) in [7, 11) is 3.29. The maximum atomic E-state index is 5.75. The van der Waals surface area contributed by atoms with Gasteiger partial charge in [-0.05, 0) is 52.0 Å². The van der Waals surface area contributed by atoms with E-state index in [1.165, 1.54) is 11.1 Å². The number of hydrogen-bond acceptors (Lipinski definition) is 3. The fourth-order valence-electron chi connectivity index (χ4n) is 1.93. The van der Waals surface area contributed by atoms with Gasteiger partial charge in [0.25, 0.3) is 0 Å². The molecule has 0 aliphatic carbocycles. The van der Waals surface area contributed by atoms with Crippen molar-refractivity contribution in [3.63, 3.8) is 0 Å². The molecule has 0 aliphatic rings. The summed E-state index contributed by atoms with van der Waals surface area (Å²) in [5.41, 5.74) is 8.21. The second-order valence-corrected chi connectivity index (χ2v) is 4.78. The molecule has 0 aromatic heterocycles. The minimum Gasteiger partial charge on any atom is -0.493 e. The Balaban J connectivity index is 3.45. The van der Waals surface area contributed by atoms with E-state index >= 15 is 0 Å². The van der Waals surface area contributed by atoms with Gasteiger partial charge in [-0.3, -0.25) is 0 Å². The molecule has 0 saturated heterocycles. The molecule has 0 bridgehead atoms. The van der Waals surface area contributed by atoms with Crippen LogP contribution in [0.4, 0.5) is 0 Å². The van der Waals surface area contributed by atoms with E-state index in [-0.39, 0.29) is 0 Å². The van der Waals surface area contributed by atoms with E-state index < -0.39 is 0 Å². The molecule has 0 aliphatic heterocycles. The maximum Gasteiger partial charge on any atom is 0.175 e. The zero-order valence-electron chi connectivity index (χ0n) is 10.8. The molecular formula is C13H20BrNO2. The highest BCUT2D eigenvalue weighted by Crippen LogP contribution is 2.41. The number of methoxy groups -OCH3 is 2. The number of hydrogen-bond donors (Lipinski definition) is 1. The zero-order valence-corrected chi connectivity index (χ0v) is 12.4. The van der Waals surface area contributed by atoms with Gasteiger partial charge in [0.2, 0.25) is 0 Å². The van der Waals surface area contributed by atoms with Gasteiger partial charge in [0.05, 0.1) is 18.7 Å². The van der Waals surface area contributed by atoms with Gasteiger partial charge in [-0.2, -0.15) is 0 Å². The number of ether oxygens (including phenoxy) is 2. The molecule has 4 heteroatoms. The van der Waals surface area contributed by atoms with Gasteiger partial charge in [-0.1, -0.05) is 13.8 Å². The Morgan fingerprint density at radius 1 is 1.35 bits per heavy atom. The third kappa shape index (κ3) is 2.75. The first-order valence-corrected chi connectivity index (χ1v) is 6.53. The van der Waals surface area contributed by atoms with Crippen molar-refractivity contribution in [2.75, 3.05) is 20.8 Å². The normalized spacial score (nSPS) is 12.4. The van der Waals surface area contributed by atoms with Crippen LogP contribution in [0.1, 0.15) is 30.9 Å². The smallest absolute Gasteiger partial charge is 0.175 e. The Kier molecular flexibility index (Phi) is 5.28. The molecule has 96 valence electrons. The lowest BCUT2D eigenvalue weighted by atomic mass is 9.93. The summed E-state index contributed by atoms with van der Waals surface area (Å²) < 4.78 is 11.7. The summed E-state index contributed by atoms with van der Waals surface area (Å²) in [6.07, 6.45) is 0.931. The van der Waals surface area contributed by atoms with E-state index in [1.54, 1.807) is 14.2 Å².